The number of carbonyl (C=O) groups excluding carboxylic acids is 2. The largest absolute Gasteiger partial charge is 0.349 e. The zero-order chi connectivity index (χ0) is 19.7. The second-order valence-electron chi connectivity index (χ2n) is 7.71. The second-order valence-corrected chi connectivity index (χ2v) is 7.71. The lowest BCUT2D eigenvalue weighted by Gasteiger charge is -2.40. The highest BCUT2D eigenvalue weighted by Gasteiger charge is 2.29. The van der Waals surface area contributed by atoms with E-state index >= 15 is 0 Å². The fourth-order valence-electron chi connectivity index (χ4n) is 4.00. The molecular formula is C20H26N6O2. The van der Waals surface area contributed by atoms with Crippen LogP contribution in [0.15, 0.2) is 30.4 Å². The van der Waals surface area contributed by atoms with Crippen LogP contribution in [0, 0.1) is 0 Å². The van der Waals surface area contributed by atoms with Crippen molar-refractivity contribution in [2.75, 3.05) is 25.5 Å². The monoisotopic (exact) mass is 382 g/mol. The summed E-state index contributed by atoms with van der Waals surface area (Å²) in [6.45, 7) is 5.37. The van der Waals surface area contributed by atoms with Crippen LogP contribution in [0.3, 0.4) is 0 Å². The van der Waals surface area contributed by atoms with E-state index in [1.54, 1.807) is 12.1 Å². The van der Waals surface area contributed by atoms with Gasteiger partial charge in [-0.2, -0.15) is 5.10 Å². The number of rotatable bonds is 5. The van der Waals surface area contributed by atoms with E-state index in [-0.39, 0.29) is 24.0 Å². The Morgan fingerprint density at radius 3 is 2.82 bits per heavy atom. The van der Waals surface area contributed by atoms with Gasteiger partial charge in [-0.3, -0.25) is 14.8 Å². The normalized spacial score (nSPS) is 20.2. The zero-order valence-corrected chi connectivity index (χ0v) is 16.0. The summed E-state index contributed by atoms with van der Waals surface area (Å²) in [6, 6.07) is 5.59. The molecule has 2 fully saturated rings. The van der Waals surface area contributed by atoms with Crippen LogP contribution in [-0.4, -0.2) is 59.3 Å². The van der Waals surface area contributed by atoms with Crippen LogP contribution < -0.4 is 16.0 Å². The summed E-state index contributed by atoms with van der Waals surface area (Å²) in [5.41, 5.74) is 2.82. The van der Waals surface area contributed by atoms with Gasteiger partial charge >= 0.3 is 6.03 Å². The van der Waals surface area contributed by atoms with Crippen molar-refractivity contribution >= 4 is 28.5 Å². The van der Waals surface area contributed by atoms with E-state index in [0.717, 1.165) is 43.3 Å². The van der Waals surface area contributed by atoms with Crippen LogP contribution >= 0.6 is 0 Å². The minimum Gasteiger partial charge on any atom is -0.349 e. The number of benzene rings is 1. The van der Waals surface area contributed by atoms with Crippen LogP contribution in [0.1, 0.15) is 36.2 Å². The van der Waals surface area contributed by atoms with E-state index in [1.165, 1.54) is 0 Å². The van der Waals surface area contributed by atoms with Crippen molar-refractivity contribution in [2.24, 2.45) is 0 Å². The van der Waals surface area contributed by atoms with Gasteiger partial charge in [-0.1, -0.05) is 19.4 Å². The van der Waals surface area contributed by atoms with Gasteiger partial charge in [0, 0.05) is 36.2 Å². The summed E-state index contributed by atoms with van der Waals surface area (Å²) < 4.78 is 0. The highest BCUT2D eigenvalue weighted by Crippen LogP contribution is 2.22. The van der Waals surface area contributed by atoms with E-state index in [1.807, 2.05) is 13.1 Å². The Kier molecular flexibility index (Phi) is 5.04. The molecule has 0 radical (unpaired) electrons. The number of fused-ring (bicyclic) bond motifs is 1. The number of aromatic amines is 1. The van der Waals surface area contributed by atoms with E-state index in [9.17, 15) is 9.59 Å². The molecule has 8 heteroatoms. The maximum absolute atomic E-state index is 12.6. The third-order valence-corrected chi connectivity index (χ3v) is 5.64. The molecule has 2 aromatic rings. The van der Waals surface area contributed by atoms with Crippen molar-refractivity contribution in [3.05, 3.63) is 36.0 Å². The Labute approximate surface area is 163 Å². The molecule has 1 aromatic carbocycles. The first-order valence-electron chi connectivity index (χ1n) is 9.73. The third kappa shape index (κ3) is 3.73. The van der Waals surface area contributed by atoms with E-state index in [0.29, 0.717) is 23.3 Å². The fourth-order valence-corrected chi connectivity index (χ4v) is 4.00. The first kappa shape index (κ1) is 18.5. The van der Waals surface area contributed by atoms with E-state index in [4.69, 9.17) is 0 Å². The number of hydrogen-bond donors (Lipinski definition) is 4. The molecule has 1 atom stereocenters. The van der Waals surface area contributed by atoms with Crippen LogP contribution in [0.2, 0.25) is 0 Å². The number of aromatic nitrogens is 2. The zero-order valence-electron chi connectivity index (χ0n) is 16.0. The van der Waals surface area contributed by atoms with Crippen LogP contribution in [-0.2, 0) is 0 Å². The van der Waals surface area contributed by atoms with Crippen molar-refractivity contribution < 1.29 is 9.59 Å². The van der Waals surface area contributed by atoms with E-state index < -0.39 is 0 Å². The molecule has 28 heavy (non-hydrogen) atoms. The molecule has 1 saturated heterocycles. The molecule has 0 spiro atoms. The molecule has 3 amide bonds. The molecule has 4 N–H and O–H groups in total. The average molecular weight is 382 g/mol. The summed E-state index contributed by atoms with van der Waals surface area (Å²) in [4.78, 5) is 26.9. The molecule has 1 aromatic heterocycles. The number of H-pyrrole nitrogens is 1. The predicted molar refractivity (Wildman–Crippen MR) is 108 cm³/mol. The standard InChI is InChI=1S/C20H26N6O2/c1-12-11-26(2)17(12)10-21-19(27)18-15-9-14(7-8-16(15)24-25-18)23-20(28)22-13-5-3-4-6-13/h7-9,13,17H,1,3-6,10-11H2,2H3,(H,21,27)(H,24,25)(H2,22,23,28)/t17-/m1/s1. The van der Waals surface area contributed by atoms with Crippen molar-refractivity contribution in [3.8, 4) is 0 Å². The van der Waals surface area contributed by atoms with Gasteiger partial charge in [0.05, 0.1) is 5.52 Å². The lowest BCUT2D eigenvalue weighted by Crippen LogP contribution is -2.53. The molecule has 2 heterocycles. The lowest BCUT2D eigenvalue weighted by atomic mass is 9.98. The Bertz CT molecular complexity index is 915. The molecule has 4 rings (SSSR count). The van der Waals surface area contributed by atoms with Gasteiger partial charge in [-0.05, 0) is 43.7 Å². The van der Waals surface area contributed by atoms with Gasteiger partial charge in [0.1, 0.15) is 0 Å². The first-order valence-corrected chi connectivity index (χ1v) is 9.73. The number of amides is 3. The maximum Gasteiger partial charge on any atom is 0.319 e. The van der Waals surface area contributed by atoms with Gasteiger partial charge in [0.25, 0.3) is 5.91 Å². The average Bonchev–Trinajstić information content (AvgIpc) is 3.30. The number of urea groups is 1. The molecule has 0 unspecified atom stereocenters. The number of likely N-dealkylation sites (tertiary alicyclic amines) is 1. The molecular weight excluding hydrogens is 356 g/mol. The van der Waals surface area contributed by atoms with Crippen molar-refractivity contribution in [1.82, 2.24) is 25.7 Å². The van der Waals surface area contributed by atoms with Gasteiger partial charge < -0.3 is 16.0 Å². The fraction of sp³-hybridized carbons (Fsp3) is 0.450. The minimum absolute atomic E-state index is 0.172. The third-order valence-electron chi connectivity index (χ3n) is 5.64. The van der Waals surface area contributed by atoms with Gasteiger partial charge in [-0.25, -0.2) is 4.79 Å². The Hall–Kier alpha value is -2.87. The van der Waals surface area contributed by atoms with Crippen molar-refractivity contribution in [1.29, 1.82) is 0 Å². The topological polar surface area (TPSA) is 102 Å². The number of likely N-dealkylation sites (N-methyl/N-ethyl adjacent to an activating group) is 1. The lowest BCUT2D eigenvalue weighted by molar-refractivity contribution is 0.0929. The molecule has 1 aliphatic heterocycles. The summed E-state index contributed by atoms with van der Waals surface area (Å²) >= 11 is 0. The Morgan fingerprint density at radius 2 is 2.11 bits per heavy atom. The maximum atomic E-state index is 12.6. The summed E-state index contributed by atoms with van der Waals surface area (Å²) in [5.74, 6) is -0.244. The van der Waals surface area contributed by atoms with Crippen LogP contribution in [0.4, 0.5) is 10.5 Å². The highest BCUT2D eigenvalue weighted by atomic mass is 16.2. The first-order chi connectivity index (χ1) is 13.5. The summed E-state index contributed by atoms with van der Waals surface area (Å²) in [6.07, 6.45) is 4.38. The Morgan fingerprint density at radius 1 is 1.32 bits per heavy atom. The Balaban J connectivity index is 1.42. The molecule has 148 valence electrons. The number of nitrogens with zero attached hydrogens (tertiary/aromatic N) is 2. The number of anilines is 1. The number of nitrogens with one attached hydrogen (secondary N) is 4. The van der Waals surface area contributed by atoms with Gasteiger partial charge in [0.2, 0.25) is 0 Å². The molecule has 2 aliphatic rings. The summed E-state index contributed by atoms with van der Waals surface area (Å²) in [5, 5.41) is 16.5. The van der Waals surface area contributed by atoms with Crippen molar-refractivity contribution in [2.45, 2.75) is 37.8 Å². The minimum atomic E-state index is -0.244. The van der Waals surface area contributed by atoms with Crippen LogP contribution in [0.5, 0.6) is 0 Å². The van der Waals surface area contributed by atoms with Gasteiger partial charge in [0.15, 0.2) is 5.69 Å². The molecule has 8 nitrogen and oxygen atoms in total. The molecule has 0 bridgehead atoms. The smallest absolute Gasteiger partial charge is 0.319 e. The molecule has 1 saturated carbocycles. The number of hydrogen-bond acceptors (Lipinski definition) is 4. The predicted octanol–water partition coefficient (Wildman–Crippen LogP) is 2.23. The van der Waals surface area contributed by atoms with Crippen molar-refractivity contribution in [3.63, 3.8) is 0 Å². The molecule has 1 aliphatic carbocycles. The quantitative estimate of drug-likeness (QED) is 0.596. The van der Waals surface area contributed by atoms with Gasteiger partial charge in [-0.15, -0.1) is 0 Å². The highest BCUT2D eigenvalue weighted by molar-refractivity contribution is 6.06. The SMILES string of the molecule is C=C1CN(C)[C@@H]1CNC(=O)c1n[nH]c2ccc(NC(=O)NC3CCCC3)cc12. The number of carbonyl (C=O) groups is 2. The van der Waals surface area contributed by atoms with E-state index in [2.05, 4.69) is 37.6 Å². The van der Waals surface area contributed by atoms with Crippen LogP contribution in [0.25, 0.3) is 10.9 Å². The second kappa shape index (κ2) is 7.63. The summed E-state index contributed by atoms with van der Waals surface area (Å²) in [7, 11) is 2.00.